The highest BCUT2D eigenvalue weighted by atomic mass is 16.5. The molecule has 1 aromatic carbocycles. The number of amides is 1. The lowest BCUT2D eigenvalue weighted by molar-refractivity contribution is -0.134. The first-order valence-electron chi connectivity index (χ1n) is 7.91. The Labute approximate surface area is 133 Å². The van der Waals surface area contributed by atoms with Crippen molar-refractivity contribution in [3.63, 3.8) is 0 Å². The van der Waals surface area contributed by atoms with Crippen LogP contribution < -0.4 is 4.74 Å². The van der Waals surface area contributed by atoms with Crippen molar-refractivity contribution < 1.29 is 9.53 Å². The second-order valence-electron chi connectivity index (χ2n) is 5.74. The van der Waals surface area contributed by atoms with Crippen LogP contribution in [0.5, 0.6) is 5.75 Å². The molecule has 0 bridgehead atoms. The van der Waals surface area contributed by atoms with E-state index in [9.17, 15) is 4.79 Å². The van der Waals surface area contributed by atoms with Gasteiger partial charge in [0, 0.05) is 26.2 Å². The van der Waals surface area contributed by atoms with Crippen molar-refractivity contribution in [1.29, 1.82) is 0 Å². The topological polar surface area (TPSA) is 32.8 Å². The van der Waals surface area contributed by atoms with Crippen LogP contribution in [0.2, 0.25) is 0 Å². The number of hydrogen-bond donors (Lipinski definition) is 0. The van der Waals surface area contributed by atoms with E-state index in [-0.39, 0.29) is 11.8 Å². The molecule has 1 aliphatic rings. The molecule has 0 N–H and O–H groups in total. The lowest BCUT2D eigenvalue weighted by atomic mass is 9.94. The fourth-order valence-electron chi connectivity index (χ4n) is 2.97. The summed E-state index contributed by atoms with van der Waals surface area (Å²) in [5.74, 6) is 0.995. The minimum Gasteiger partial charge on any atom is -0.497 e. The third-order valence-electron chi connectivity index (χ3n) is 4.18. The maximum absolute atomic E-state index is 12.6. The zero-order valence-electron chi connectivity index (χ0n) is 14.0. The van der Waals surface area contributed by atoms with E-state index in [1.165, 1.54) is 5.57 Å². The van der Waals surface area contributed by atoms with Gasteiger partial charge in [0.1, 0.15) is 5.75 Å². The summed E-state index contributed by atoms with van der Waals surface area (Å²) in [5, 5.41) is 0. The molecule has 0 saturated heterocycles. The number of methoxy groups -OCH3 is 1. The molecule has 1 heterocycles. The van der Waals surface area contributed by atoms with E-state index >= 15 is 0 Å². The first kappa shape index (κ1) is 16.6. The lowest BCUT2D eigenvalue weighted by Gasteiger charge is -2.32. The maximum atomic E-state index is 12.6. The number of rotatable bonds is 5. The van der Waals surface area contributed by atoms with Gasteiger partial charge in [0.2, 0.25) is 5.91 Å². The molecule has 0 fully saturated rings. The Balaban J connectivity index is 2.28. The summed E-state index contributed by atoms with van der Waals surface area (Å²) >= 11 is 0. The highest BCUT2D eigenvalue weighted by Crippen LogP contribution is 2.26. The van der Waals surface area contributed by atoms with Gasteiger partial charge in [-0.3, -0.25) is 4.79 Å². The van der Waals surface area contributed by atoms with Gasteiger partial charge in [0.05, 0.1) is 13.0 Å². The SMILES string of the molecule is CCN(CC)C(=O)[C@H]1C=C(c2cccc(OC)c2)CN(C)C1. The molecule has 1 amide bonds. The first-order chi connectivity index (χ1) is 10.6. The second kappa shape index (κ2) is 7.45. The second-order valence-corrected chi connectivity index (χ2v) is 5.74. The zero-order valence-corrected chi connectivity index (χ0v) is 14.0. The molecule has 4 nitrogen and oxygen atoms in total. The number of likely N-dealkylation sites (N-methyl/N-ethyl adjacent to an activating group) is 1. The van der Waals surface area contributed by atoms with Crippen molar-refractivity contribution >= 4 is 11.5 Å². The molecule has 0 unspecified atom stereocenters. The quantitative estimate of drug-likeness (QED) is 0.838. The van der Waals surface area contributed by atoms with Crippen molar-refractivity contribution in [2.75, 3.05) is 40.3 Å². The minimum absolute atomic E-state index is 0.0696. The predicted octanol–water partition coefficient (Wildman–Crippen LogP) is 2.51. The van der Waals surface area contributed by atoms with Gasteiger partial charge < -0.3 is 14.5 Å². The Bertz CT molecular complexity index is 550. The van der Waals surface area contributed by atoms with Crippen molar-refractivity contribution in [2.24, 2.45) is 5.92 Å². The fourth-order valence-corrected chi connectivity index (χ4v) is 2.97. The van der Waals surface area contributed by atoms with Crippen LogP contribution in [0.4, 0.5) is 0 Å². The summed E-state index contributed by atoms with van der Waals surface area (Å²) < 4.78 is 5.30. The van der Waals surface area contributed by atoms with Crippen molar-refractivity contribution in [1.82, 2.24) is 9.80 Å². The molecule has 0 saturated carbocycles. The Hall–Kier alpha value is -1.81. The molecular formula is C18H26N2O2. The number of carbonyl (C=O) groups excluding carboxylic acids is 1. The third kappa shape index (κ3) is 3.69. The third-order valence-corrected chi connectivity index (χ3v) is 4.18. The van der Waals surface area contributed by atoms with Gasteiger partial charge in [-0.1, -0.05) is 18.2 Å². The van der Waals surface area contributed by atoms with Gasteiger partial charge in [0.15, 0.2) is 0 Å². The lowest BCUT2D eigenvalue weighted by Crippen LogP contribution is -2.42. The molecule has 0 radical (unpaired) electrons. The molecule has 0 spiro atoms. The van der Waals surface area contributed by atoms with E-state index in [0.29, 0.717) is 0 Å². The van der Waals surface area contributed by atoms with E-state index in [1.807, 2.05) is 36.9 Å². The summed E-state index contributed by atoms with van der Waals surface area (Å²) in [6, 6.07) is 8.04. The van der Waals surface area contributed by atoms with E-state index in [4.69, 9.17) is 4.74 Å². The molecule has 22 heavy (non-hydrogen) atoms. The van der Waals surface area contributed by atoms with Gasteiger partial charge in [-0.05, 0) is 44.2 Å². The molecule has 1 aromatic rings. The number of nitrogens with zero attached hydrogens (tertiary/aromatic N) is 2. The molecule has 0 aromatic heterocycles. The van der Waals surface area contributed by atoms with Crippen molar-refractivity contribution in [2.45, 2.75) is 13.8 Å². The van der Waals surface area contributed by atoms with Crippen LogP contribution in [-0.4, -0.2) is 56.0 Å². The highest BCUT2D eigenvalue weighted by Gasteiger charge is 2.26. The summed E-state index contributed by atoms with van der Waals surface area (Å²) in [6.45, 7) is 7.22. The van der Waals surface area contributed by atoms with Crippen LogP contribution >= 0.6 is 0 Å². The summed E-state index contributed by atoms with van der Waals surface area (Å²) in [5.41, 5.74) is 2.32. The summed E-state index contributed by atoms with van der Waals surface area (Å²) in [6.07, 6.45) is 2.13. The fraction of sp³-hybridized carbons (Fsp3) is 0.500. The Morgan fingerprint density at radius 1 is 1.36 bits per heavy atom. The van der Waals surface area contributed by atoms with Crippen LogP contribution in [0.25, 0.3) is 5.57 Å². The van der Waals surface area contributed by atoms with Crippen LogP contribution in [0.15, 0.2) is 30.3 Å². The maximum Gasteiger partial charge on any atom is 0.230 e. The van der Waals surface area contributed by atoms with Gasteiger partial charge >= 0.3 is 0 Å². The molecular weight excluding hydrogens is 276 g/mol. The number of benzene rings is 1. The normalized spacial score (nSPS) is 18.7. The monoisotopic (exact) mass is 302 g/mol. The number of ether oxygens (including phenoxy) is 1. The average molecular weight is 302 g/mol. The molecule has 1 aliphatic heterocycles. The molecule has 120 valence electrons. The Morgan fingerprint density at radius 3 is 2.73 bits per heavy atom. The molecule has 4 heteroatoms. The van der Waals surface area contributed by atoms with E-state index in [1.54, 1.807) is 7.11 Å². The van der Waals surface area contributed by atoms with Crippen molar-refractivity contribution in [3.05, 3.63) is 35.9 Å². The molecule has 0 aliphatic carbocycles. The molecule has 1 atom stereocenters. The smallest absolute Gasteiger partial charge is 0.230 e. The van der Waals surface area contributed by atoms with Crippen LogP contribution in [0.3, 0.4) is 0 Å². The van der Waals surface area contributed by atoms with Gasteiger partial charge in [-0.15, -0.1) is 0 Å². The standard InChI is InChI=1S/C18H26N2O2/c1-5-20(6-2)18(21)16-10-15(12-19(3)13-16)14-8-7-9-17(11-14)22-4/h7-11,16H,5-6,12-13H2,1-4H3/t16-/m0/s1. The van der Waals surface area contributed by atoms with E-state index in [2.05, 4.69) is 24.1 Å². The van der Waals surface area contributed by atoms with Gasteiger partial charge in [-0.2, -0.15) is 0 Å². The summed E-state index contributed by atoms with van der Waals surface area (Å²) in [7, 11) is 3.74. The van der Waals surface area contributed by atoms with Crippen LogP contribution in [-0.2, 0) is 4.79 Å². The Morgan fingerprint density at radius 2 is 2.09 bits per heavy atom. The summed E-state index contributed by atoms with van der Waals surface area (Å²) in [4.78, 5) is 16.8. The minimum atomic E-state index is -0.0696. The largest absolute Gasteiger partial charge is 0.497 e. The predicted molar refractivity (Wildman–Crippen MR) is 89.9 cm³/mol. The first-order valence-corrected chi connectivity index (χ1v) is 7.91. The van der Waals surface area contributed by atoms with Crippen LogP contribution in [0.1, 0.15) is 19.4 Å². The van der Waals surface area contributed by atoms with E-state index < -0.39 is 0 Å². The van der Waals surface area contributed by atoms with Crippen molar-refractivity contribution in [3.8, 4) is 5.75 Å². The average Bonchev–Trinajstić information content (AvgIpc) is 2.55. The van der Waals surface area contributed by atoms with Gasteiger partial charge in [-0.25, -0.2) is 0 Å². The number of hydrogen-bond acceptors (Lipinski definition) is 3. The Kier molecular flexibility index (Phi) is 5.61. The highest BCUT2D eigenvalue weighted by molar-refractivity contribution is 5.84. The van der Waals surface area contributed by atoms with E-state index in [0.717, 1.165) is 37.5 Å². The van der Waals surface area contributed by atoms with Crippen LogP contribution in [0, 0.1) is 5.92 Å². The van der Waals surface area contributed by atoms with Gasteiger partial charge in [0.25, 0.3) is 0 Å². The number of carbonyl (C=O) groups is 1. The molecule has 2 rings (SSSR count). The zero-order chi connectivity index (χ0) is 16.1.